The van der Waals surface area contributed by atoms with Crippen LogP contribution in [0.4, 0.5) is 0 Å². The lowest BCUT2D eigenvalue weighted by Gasteiger charge is -2.36. The predicted octanol–water partition coefficient (Wildman–Crippen LogP) is 3.59. The van der Waals surface area contributed by atoms with E-state index in [9.17, 15) is 0 Å². The first-order chi connectivity index (χ1) is 10.1. The summed E-state index contributed by atoms with van der Waals surface area (Å²) in [5, 5.41) is 0. The first kappa shape index (κ1) is 16.9. The van der Waals surface area contributed by atoms with Crippen LogP contribution in [-0.4, -0.2) is 37.7 Å². The summed E-state index contributed by atoms with van der Waals surface area (Å²) in [6.07, 6.45) is 3.31. The van der Waals surface area contributed by atoms with E-state index < -0.39 is 0 Å². The zero-order chi connectivity index (χ0) is 15.2. The average Bonchev–Trinajstić information content (AvgIpc) is 2.48. The third kappa shape index (κ3) is 4.78. The van der Waals surface area contributed by atoms with E-state index >= 15 is 0 Å². The second-order valence-electron chi connectivity index (χ2n) is 6.07. The highest BCUT2D eigenvalue weighted by atomic mass is 79.9. The van der Waals surface area contributed by atoms with Gasteiger partial charge in [-0.15, -0.1) is 0 Å². The summed E-state index contributed by atoms with van der Waals surface area (Å²) < 4.78 is 6.58. The molecule has 0 bridgehead atoms. The van der Waals surface area contributed by atoms with E-state index in [1.54, 1.807) is 0 Å². The molecule has 2 unspecified atom stereocenters. The zero-order valence-corrected chi connectivity index (χ0v) is 14.7. The van der Waals surface area contributed by atoms with Crippen molar-refractivity contribution in [3.8, 4) is 0 Å². The minimum Gasteiger partial charge on any atom is -0.381 e. The third-order valence-electron chi connectivity index (χ3n) is 4.43. The Morgan fingerprint density at radius 3 is 2.71 bits per heavy atom. The molecule has 0 radical (unpaired) electrons. The fourth-order valence-electron chi connectivity index (χ4n) is 3.19. The minimum absolute atomic E-state index is 0.157. The van der Waals surface area contributed by atoms with Crippen molar-refractivity contribution in [3.05, 3.63) is 34.3 Å². The van der Waals surface area contributed by atoms with Crippen LogP contribution in [-0.2, 0) is 4.74 Å². The monoisotopic (exact) mass is 354 g/mol. The lowest BCUT2D eigenvalue weighted by molar-refractivity contribution is 0.0481. The second kappa shape index (κ2) is 8.28. The number of nitrogens with two attached hydrogens (primary N) is 1. The van der Waals surface area contributed by atoms with E-state index in [2.05, 4.69) is 59.1 Å². The number of benzene rings is 1. The van der Waals surface area contributed by atoms with Crippen LogP contribution in [0, 0.1) is 5.92 Å². The topological polar surface area (TPSA) is 38.5 Å². The molecule has 2 N–H and O–H groups in total. The molecule has 1 aromatic rings. The maximum Gasteiger partial charge on any atom is 0.0496 e. The van der Waals surface area contributed by atoms with Gasteiger partial charge in [0.15, 0.2) is 0 Å². The summed E-state index contributed by atoms with van der Waals surface area (Å²) in [5.74, 6) is 0.724. The van der Waals surface area contributed by atoms with Crippen LogP contribution in [0.25, 0.3) is 0 Å². The Morgan fingerprint density at radius 2 is 2.10 bits per heavy atom. The third-order valence-corrected chi connectivity index (χ3v) is 4.92. The molecule has 1 fully saturated rings. The van der Waals surface area contributed by atoms with Crippen molar-refractivity contribution in [1.29, 1.82) is 0 Å². The van der Waals surface area contributed by atoms with Gasteiger partial charge in [0.1, 0.15) is 0 Å². The van der Waals surface area contributed by atoms with Crippen molar-refractivity contribution in [3.63, 3.8) is 0 Å². The summed E-state index contributed by atoms with van der Waals surface area (Å²) in [6, 6.07) is 8.97. The number of hydrogen-bond acceptors (Lipinski definition) is 3. The normalized spacial score (nSPS) is 19.7. The molecule has 0 spiro atoms. The average molecular weight is 355 g/mol. The molecular formula is C17H27BrN2O. The molecule has 1 aliphatic heterocycles. The van der Waals surface area contributed by atoms with Crippen molar-refractivity contribution in [2.75, 3.05) is 26.8 Å². The van der Waals surface area contributed by atoms with Crippen molar-refractivity contribution in [1.82, 2.24) is 4.90 Å². The van der Waals surface area contributed by atoms with Gasteiger partial charge >= 0.3 is 0 Å². The molecule has 21 heavy (non-hydrogen) atoms. The smallest absolute Gasteiger partial charge is 0.0496 e. The number of nitrogens with zero attached hydrogens (tertiary/aromatic N) is 1. The van der Waals surface area contributed by atoms with Gasteiger partial charge in [-0.25, -0.2) is 0 Å². The highest BCUT2D eigenvalue weighted by molar-refractivity contribution is 9.10. The van der Waals surface area contributed by atoms with Gasteiger partial charge in [-0.2, -0.15) is 0 Å². The molecular weight excluding hydrogens is 328 g/mol. The summed E-state index contributed by atoms with van der Waals surface area (Å²) in [6.45, 7) is 5.06. The second-order valence-corrected chi connectivity index (χ2v) is 6.98. The van der Waals surface area contributed by atoms with Crippen LogP contribution in [0.5, 0.6) is 0 Å². The Morgan fingerprint density at radius 1 is 1.38 bits per heavy atom. The van der Waals surface area contributed by atoms with Crippen LogP contribution >= 0.6 is 15.9 Å². The van der Waals surface area contributed by atoms with Crippen molar-refractivity contribution in [2.24, 2.45) is 11.7 Å². The van der Waals surface area contributed by atoms with Crippen LogP contribution in [0.1, 0.15) is 37.8 Å². The highest BCUT2D eigenvalue weighted by Crippen LogP contribution is 2.28. The summed E-state index contributed by atoms with van der Waals surface area (Å²) in [7, 11) is 2.20. The van der Waals surface area contributed by atoms with Gasteiger partial charge in [0.2, 0.25) is 0 Å². The first-order valence-electron chi connectivity index (χ1n) is 7.90. The van der Waals surface area contributed by atoms with Gasteiger partial charge in [0.25, 0.3) is 0 Å². The van der Waals surface area contributed by atoms with Crippen LogP contribution < -0.4 is 5.73 Å². The number of ether oxygens (including phenoxy) is 1. The van der Waals surface area contributed by atoms with E-state index in [-0.39, 0.29) is 12.1 Å². The molecule has 0 aromatic heterocycles. The molecule has 0 saturated carbocycles. The minimum atomic E-state index is 0.157. The Bertz CT molecular complexity index is 435. The molecule has 1 heterocycles. The Labute approximate surface area is 137 Å². The van der Waals surface area contributed by atoms with E-state index in [0.29, 0.717) is 0 Å². The largest absolute Gasteiger partial charge is 0.381 e. The van der Waals surface area contributed by atoms with E-state index in [4.69, 9.17) is 10.5 Å². The first-order valence-corrected chi connectivity index (χ1v) is 8.70. The number of likely N-dealkylation sites (N-methyl/N-ethyl adjacent to an activating group) is 1. The maximum atomic E-state index is 6.42. The molecule has 118 valence electrons. The van der Waals surface area contributed by atoms with Crippen LogP contribution in [0.2, 0.25) is 0 Å². The quantitative estimate of drug-likeness (QED) is 0.848. The SMILES string of the molecule is CCC(N)C(c1cccc(Br)c1)N(C)CC1CCOCC1. The van der Waals surface area contributed by atoms with Crippen LogP contribution in [0.3, 0.4) is 0 Å². The summed E-state index contributed by atoms with van der Waals surface area (Å²) in [5.41, 5.74) is 7.72. The summed E-state index contributed by atoms with van der Waals surface area (Å²) >= 11 is 3.57. The molecule has 2 atom stereocenters. The standard InChI is InChI=1S/C17H27BrN2O/c1-3-16(19)17(14-5-4-6-15(18)11-14)20(2)12-13-7-9-21-10-8-13/h4-6,11,13,16-17H,3,7-10,12,19H2,1-2H3. The molecule has 3 nitrogen and oxygen atoms in total. The number of rotatable bonds is 6. The Kier molecular flexibility index (Phi) is 6.68. The highest BCUT2D eigenvalue weighted by Gasteiger charge is 2.26. The number of hydrogen-bond donors (Lipinski definition) is 1. The zero-order valence-electron chi connectivity index (χ0n) is 13.1. The van der Waals surface area contributed by atoms with E-state index in [0.717, 1.165) is 49.4 Å². The molecule has 0 aliphatic carbocycles. The van der Waals surface area contributed by atoms with Gasteiger partial charge in [-0.1, -0.05) is 35.0 Å². The van der Waals surface area contributed by atoms with Gasteiger partial charge < -0.3 is 10.5 Å². The molecule has 1 aromatic carbocycles. The molecule has 1 aliphatic rings. The molecule has 0 amide bonds. The Balaban J connectivity index is 2.11. The van der Waals surface area contributed by atoms with Gasteiger partial charge in [-0.05, 0) is 49.9 Å². The van der Waals surface area contributed by atoms with Crippen molar-refractivity contribution >= 4 is 15.9 Å². The lowest BCUT2D eigenvalue weighted by atomic mass is 9.94. The van der Waals surface area contributed by atoms with Gasteiger partial charge in [-0.3, -0.25) is 4.90 Å². The van der Waals surface area contributed by atoms with Crippen molar-refractivity contribution in [2.45, 2.75) is 38.3 Å². The fraction of sp³-hybridized carbons (Fsp3) is 0.647. The van der Waals surface area contributed by atoms with Crippen LogP contribution in [0.15, 0.2) is 28.7 Å². The lowest BCUT2D eigenvalue weighted by Crippen LogP contribution is -2.41. The van der Waals surface area contributed by atoms with Gasteiger partial charge in [0, 0.05) is 36.3 Å². The molecule has 2 rings (SSSR count). The van der Waals surface area contributed by atoms with Crippen molar-refractivity contribution < 1.29 is 4.74 Å². The fourth-order valence-corrected chi connectivity index (χ4v) is 3.61. The maximum absolute atomic E-state index is 6.42. The predicted molar refractivity (Wildman–Crippen MR) is 91.3 cm³/mol. The molecule has 1 saturated heterocycles. The van der Waals surface area contributed by atoms with Gasteiger partial charge in [0.05, 0.1) is 0 Å². The Hall–Kier alpha value is -0.420. The summed E-state index contributed by atoms with van der Waals surface area (Å²) in [4.78, 5) is 2.44. The number of halogens is 1. The van der Waals surface area contributed by atoms with E-state index in [1.807, 2.05) is 0 Å². The van der Waals surface area contributed by atoms with E-state index in [1.165, 1.54) is 5.56 Å². The molecule has 4 heteroatoms.